The lowest BCUT2D eigenvalue weighted by Gasteiger charge is -2.12. The lowest BCUT2D eigenvalue weighted by Crippen LogP contribution is -2.26. The molecule has 0 bridgehead atoms. The highest BCUT2D eigenvalue weighted by atomic mass is 19.1. The smallest absolute Gasteiger partial charge is 0.127 e. The van der Waals surface area contributed by atoms with Crippen LogP contribution in [0.3, 0.4) is 0 Å². The third-order valence-electron chi connectivity index (χ3n) is 2.16. The number of benzene rings is 1. The molecule has 0 aliphatic heterocycles. The molecule has 84 valence electrons. The molecule has 2 nitrogen and oxygen atoms in total. The average Bonchev–Trinajstić information content (AvgIpc) is 2.21. The van der Waals surface area contributed by atoms with Crippen molar-refractivity contribution in [2.75, 3.05) is 13.2 Å². The number of hydrogen-bond donors (Lipinski definition) is 1. The second kappa shape index (κ2) is 6.53. The average molecular weight is 211 g/mol. The van der Waals surface area contributed by atoms with Gasteiger partial charge in [-0.05, 0) is 19.9 Å². The monoisotopic (exact) mass is 211 g/mol. The topological polar surface area (TPSA) is 21.3 Å². The number of hydrogen-bond acceptors (Lipinski definition) is 2. The predicted molar refractivity (Wildman–Crippen MR) is 59.2 cm³/mol. The molecule has 15 heavy (non-hydrogen) atoms. The molecule has 0 saturated carbocycles. The van der Waals surface area contributed by atoms with Crippen LogP contribution in [-0.4, -0.2) is 19.3 Å². The lowest BCUT2D eigenvalue weighted by molar-refractivity contribution is 0.0759. The molecule has 1 rings (SSSR count). The minimum atomic E-state index is -0.158. The van der Waals surface area contributed by atoms with Gasteiger partial charge in [-0.15, -0.1) is 0 Å². The van der Waals surface area contributed by atoms with Crippen LogP contribution in [0.2, 0.25) is 0 Å². The fraction of sp³-hybridized carbons (Fsp3) is 0.500. The summed E-state index contributed by atoms with van der Waals surface area (Å²) in [6.45, 7) is 5.96. The van der Waals surface area contributed by atoms with Gasteiger partial charge in [0.1, 0.15) is 5.82 Å². The Labute approximate surface area is 90.4 Å². The fourth-order valence-corrected chi connectivity index (χ4v) is 1.40. The van der Waals surface area contributed by atoms with Gasteiger partial charge in [0.05, 0.1) is 6.10 Å². The van der Waals surface area contributed by atoms with Crippen LogP contribution in [0, 0.1) is 5.82 Å². The molecule has 0 amide bonds. The summed E-state index contributed by atoms with van der Waals surface area (Å²) in [5.41, 5.74) is 0.696. The Bertz CT molecular complexity index is 291. The van der Waals surface area contributed by atoms with E-state index in [2.05, 4.69) is 5.32 Å². The zero-order valence-corrected chi connectivity index (χ0v) is 9.29. The number of halogens is 1. The van der Waals surface area contributed by atoms with Crippen molar-refractivity contribution in [2.24, 2.45) is 0 Å². The molecule has 1 aromatic carbocycles. The van der Waals surface area contributed by atoms with E-state index in [1.54, 1.807) is 12.1 Å². The van der Waals surface area contributed by atoms with Gasteiger partial charge in [-0.3, -0.25) is 0 Å². The zero-order valence-electron chi connectivity index (χ0n) is 9.29. The molecular weight excluding hydrogens is 193 g/mol. The van der Waals surface area contributed by atoms with Crippen molar-refractivity contribution in [1.29, 1.82) is 0 Å². The maximum atomic E-state index is 13.2. The van der Waals surface area contributed by atoms with E-state index in [1.807, 2.05) is 19.9 Å². The molecule has 0 fully saturated rings. The molecule has 1 unspecified atom stereocenters. The first-order valence-electron chi connectivity index (χ1n) is 5.29. The van der Waals surface area contributed by atoms with Gasteiger partial charge in [0.2, 0.25) is 0 Å². The van der Waals surface area contributed by atoms with E-state index in [-0.39, 0.29) is 11.9 Å². The quantitative estimate of drug-likeness (QED) is 0.779. The molecule has 0 saturated heterocycles. The van der Waals surface area contributed by atoms with E-state index >= 15 is 0 Å². The first-order valence-corrected chi connectivity index (χ1v) is 5.29. The van der Waals surface area contributed by atoms with Crippen molar-refractivity contribution in [3.63, 3.8) is 0 Å². The lowest BCUT2D eigenvalue weighted by atomic mass is 10.2. The van der Waals surface area contributed by atoms with Crippen molar-refractivity contribution in [3.05, 3.63) is 35.6 Å². The van der Waals surface area contributed by atoms with Crippen LogP contribution in [0.15, 0.2) is 24.3 Å². The van der Waals surface area contributed by atoms with Crippen LogP contribution < -0.4 is 5.32 Å². The van der Waals surface area contributed by atoms with Gasteiger partial charge in [-0.1, -0.05) is 18.2 Å². The molecule has 1 N–H and O–H groups in total. The first kappa shape index (κ1) is 12.1. The Morgan fingerprint density at radius 1 is 1.40 bits per heavy atom. The Morgan fingerprint density at radius 2 is 2.13 bits per heavy atom. The third-order valence-corrected chi connectivity index (χ3v) is 2.16. The van der Waals surface area contributed by atoms with Crippen LogP contribution in [-0.2, 0) is 11.3 Å². The Morgan fingerprint density at radius 3 is 2.80 bits per heavy atom. The molecule has 0 heterocycles. The van der Waals surface area contributed by atoms with E-state index < -0.39 is 0 Å². The summed E-state index contributed by atoms with van der Waals surface area (Å²) in [5, 5.41) is 3.16. The summed E-state index contributed by atoms with van der Waals surface area (Å²) in [5.74, 6) is -0.158. The van der Waals surface area contributed by atoms with E-state index in [9.17, 15) is 4.39 Å². The summed E-state index contributed by atoms with van der Waals surface area (Å²) in [4.78, 5) is 0. The van der Waals surface area contributed by atoms with Crippen molar-refractivity contribution in [1.82, 2.24) is 5.32 Å². The van der Waals surface area contributed by atoms with E-state index in [0.29, 0.717) is 18.7 Å². The molecule has 1 aromatic rings. The van der Waals surface area contributed by atoms with E-state index in [1.165, 1.54) is 6.07 Å². The van der Waals surface area contributed by atoms with Gasteiger partial charge in [-0.25, -0.2) is 4.39 Å². The van der Waals surface area contributed by atoms with Crippen LogP contribution >= 0.6 is 0 Å². The fourth-order valence-electron chi connectivity index (χ4n) is 1.40. The molecule has 0 aliphatic rings. The van der Waals surface area contributed by atoms with Crippen LogP contribution in [0.5, 0.6) is 0 Å². The summed E-state index contributed by atoms with van der Waals surface area (Å²) < 4.78 is 18.5. The molecule has 3 heteroatoms. The Balaban J connectivity index is 2.29. The SMILES string of the molecule is CCOC(C)CNCc1ccccc1F. The highest BCUT2D eigenvalue weighted by molar-refractivity contribution is 5.16. The number of ether oxygens (including phenoxy) is 1. The van der Waals surface area contributed by atoms with Gasteiger partial charge >= 0.3 is 0 Å². The Hall–Kier alpha value is -0.930. The van der Waals surface area contributed by atoms with Crippen molar-refractivity contribution < 1.29 is 9.13 Å². The number of rotatable bonds is 6. The highest BCUT2D eigenvalue weighted by Crippen LogP contribution is 2.05. The van der Waals surface area contributed by atoms with Gasteiger partial charge in [0, 0.05) is 25.3 Å². The van der Waals surface area contributed by atoms with Crippen LogP contribution in [0.25, 0.3) is 0 Å². The van der Waals surface area contributed by atoms with E-state index in [4.69, 9.17) is 4.74 Å². The normalized spacial score (nSPS) is 12.7. The molecule has 0 aliphatic carbocycles. The van der Waals surface area contributed by atoms with Crippen LogP contribution in [0.1, 0.15) is 19.4 Å². The molecular formula is C12H18FNO. The first-order chi connectivity index (χ1) is 7.24. The van der Waals surface area contributed by atoms with Crippen molar-refractivity contribution in [3.8, 4) is 0 Å². The zero-order chi connectivity index (χ0) is 11.1. The van der Waals surface area contributed by atoms with Crippen LogP contribution in [0.4, 0.5) is 4.39 Å². The summed E-state index contributed by atoms with van der Waals surface area (Å²) in [6, 6.07) is 6.80. The molecule has 0 spiro atoms. The minimum Gasteiger partial charge on any atom is -0.377 e. The highest BCUT2D eigenvalue weighted by Gasteiger charge is 2.02. The summed E-state index contributed by atoms with van der Waals surface area (Å²) >= 11 is 0. The van der Waals surface area contributed by atoms with Gasteiger partial charge in [0.25, 0.3) is 0 Å². The van der Waals surface area contributed by atoms with Crippen molar-refractivity contribution >= 4 is 0 Å². The standard InChI is InChI=1S/C12H18FNO/c1-3-15-10(2)8-14-9-11-6-4-5-7-12(11)13/h4-7,10,14H,3,8-9H2,1-2H3. The van der Waals surface area contributed by atoms with Gasteiger partial charge in [-0.2, -0.15) is 0 Å². The molecule has 1 atom stereocenters. The second-order valence-electron chi connectivity index (χ2n) is 3.49. The minimum absolute atomic E-state index is 0.158. The molecule has 0 aromatic heterocycles. The summed E-state index contributed by atoms with van der Waals surface area (Å²) in [7, 11) is 0. The van der Waals surface area contributed by atoms with Gasteiger partial charge < -0.3 is 10.1 Å². The van der Waals surface area contributed by atoms with Gasteiger partial charge in [0.15, 0.2) is 0 Å². The summed E-state index contributed by atoms with van der Waals surface area (Å²) in [6.07, 6.45) is 0.168. The second-order valence-corrected chi connectivity index (χ2v) is 3.49. The van der Waals surface area contributed by atoms with Crippen molar-refractivity contribution in [2.45, 2.75) is 26.5 Å². The van der Waals surface area contributed by atoms with E-state index in [0.717, 1.165) is 6.54 Å². The maximum Gasteiger partial charge on any atom is 0.127 e. The largest absolute Gasteiger partial charge is 0.377 e. The maximum absolute atomic E-state index is 13.2. The predicted octanol–water partition coefficient (Wildman–Crippen LogP) is 2.34. The Kier molecular flexibility index (Phi) is 5.29. The third kappa shape index (κ3) is 4.40. The molecule has 0 radical (unpaired) electrons. The number of nitrogens with one attached hydrogen (secondary N) is 1.